The largest absolute Gasteiger partial charge is 0.384 e. The Morgan fingerprint density at radius 1 is 1.27 bits per heavy atom. The summed E-state index contributed by atoms with van der Waals surface area (Å²) in [5.41, 5.74) is 0.674. The SMILES string of the molecule is COCC(Br)CCc1cc(F)cc(F)c1. The molecule has 0 amide bonds. The van der Waals surface area contributed by atoms with Gasteiger partial charge in [0.2, 0.25) is 0 Å². The van der Waals surface area contributed by atoms with Gasteiger partial charge in [0.25, 0.3) is 0 Å². The van der Waals surface area contributed by atoms with E-state index in [0.29, 0.717) is 18.6 Å². The molecule has 84 valence electrons. The Labute approximate surface area is 96.6 Å². The van der Waals surface area contributed by atoms with Gasteiger partial charge in [0.1, 0.15) is 11.6 Å². The van der Waals surface area contributed by atoms with E-state index in [4.69, 9.17) is 4.74 Å². The van der Waals surface area contributed by atoms with E-state index < -0.39 is 11.6 Å². The summed E-state index contributed by atoms with van der Waals surface area (Å²) in [5.74, 6) is -1.05. The van der Waals surface area contributed by atoms with Gasteiger partial charge in [-0.25, -0.2) is 8.78 Å². The van der Waals surface area contributed by atoms with Crippen molar-refractivity contribution in [1.82, 2.24) is 0 Å². The van der Waals surface area contributed by atoms with Crippen molar-refractivity contribution < 1.29 is 13.5 Å². The Morgan fingerprint density at radius 3 is 2.40 bits per heavy atom. The molecule has 0 heterocycles. The fourth-order valence-corrected chi connectivity index (χ4v) is 1.84. The predicted octanol–water partition coefficient (Wildman–Crippen LogP) is 3.31. The first-order valence-electron chi connectivity index (χ1n) is 4.70. The van der Waals surface area contributed by atoms with Crippen LogP contribution >= 0.6 is 15.9 Å². The van der Waals surface area contributed by atoms with E-state index in [9.17, 15) is 8.78 Å². The number of aryl methyl sites for hydroxylation is 1. The molecule has 0 spiro atoms. The lowest BCUT2D eigenvalue weighted by Gasteiger charge is -2.08. The van der Waals surface area contributed by atoms with Crippen molar-refractivity contribution in [2.75, 3.05) is 13.7 Å². The number of hydrogen-bond acceptors (Lipinski definition) is 1. The molecular formula is C11H13BrF2O. The summed E-state index contributed by atoms with van der Waals surface area (Å²) in [7, 11) is 1.62. The quantitative estimate of drug-likeness (QED) is 0.751. The lowest BCUT2D eigenvalue weighted by Crippen LogP contribution is -2.07. The maximum atomic E-state index is 12.8. The van der Waals surface area contributed by atoms with Crippen molar-refractivity contribution in [3.8, 4) is 0 Å². The summed E-state index contributed by atoms with van der Waals surface area (Å²) in [6.07, 6.45) is 1.42. The summed E-state index contributed by atoms with van der Waals surface area (Å²) in [5, 5.41) is 0. The van der Waals surface area contributed by atoms with Crippen molar-refractivity contribution in [2.45, 2.75) is 17.7 Å². The molecule has 0 saturated carbocycles. The highest BCUT2D eigenvalue weighted by atomic mass is 79.9. The fraction of sp³-hybridized carbons (Fsp3) is 0.455. The van der Waals surface area contributed by atoms with Crippen LogP contribution in [0.3, 0.4) is 0 Å². The Balaban J connectivity index is 2.50. The molecule has 1 unspecified atom stereocenters. The standard InChI is InChI=1S/C11H13BrF2O/c1-15-7-9(12)3-2-8-4-10(13)6-11(14)5-8/h4-6,9H,2-3,7H2,1H3. The van der Waals surface area contributed by atoms with E-state index >= 15 is 0 Å². The highest BCUT2D eigenvalue weighted by Crippen LogP contribution is 2.14. The van der Waals surface area contributed by atoms with E-state index in [-0.39, 0.29) is 4.83 Å². The number of halogens is 3. The lowest BCUT2D eigenvalue weighted by atomic mass is 10.1. The summed E-state index contributed by atoms with van der Waals surface area (Å²) in [4.78, 5) is 0.217. The molecular weight excluding hydrogens is 266 g/mol. The molecule has 0 N–H and O–H groups in total. The third-order valence-corrected chi connectivity index (χ3v) is 2.74. The number of methoxy groups -OCH3 is 1. The first-order valence-corrected chi connectivity index (χ1v) is 5.61. The average molecular weight is 279 g/mol. The molecule has 1 aromatic carbocycles. The molecule has 1 rings (SSSR count). The molecule has 1 aromatic rings. The lowest BCUT2D eigenvalue weighted by molar-refractivity contribution is 0.198. The third kappa shape index (κ3) is 4.71. The van der Waals surface area contributed by atoms with E-state index in [2.05, 4.69) is 15.9 Å². The Bertz CT molecular complexity index is 297. The van der Waals surface area contributed by atoms with Crippen molar-refractivity contribution >= 4 is 15.9 Å². The molecule has 4 heteroatoms. The van der Waals surface area contributed by atoms with Gasteiger partial charge in [0.05, 0.1) is 6.61 Å². The second kappa shape index (κ2) is 6.18. The third-order valence-electron chi connectivity index (χ3n) is 2.02. The number of ether oxygens (including phenoxy) is 1. The number of benzene rings is 1. The Kier molecular flexibility index (Phi) is 5.19. The van der Waals surface area contributed by atoms with Gasteiger partial charge in [-0.05, 0) is 30.5 Å². The highest BCUT2D eigenvalue weighted by molar-refractivity contribution is 9.09. The molecule has 15 heavy (non-hydrogen) atoms. The van der Waals surface area contributed by atoms with Gasteiger partial charge in [0.15, 0.2) is 0 Å². The summed E-state index contributed by atoms with van der Waals surface area (Å²) in [6.45, 7) is 0.595. The minimum atomic E-state index is -0.525. The minimum Gasteiger partial charge on any atom is -0.384 e. The molecule has 0 saturated heterocycles. The molecule has 0 aliphatic rings. The van der Waals surface area contributed by atoms with E-state index in [0.717, 1.165) is 12.5 Å². The molecule has 0 aliphatic carbocycles. The van der Waals surface area contributed by atoms with Crippen LogP contribution in [-0.2, 0) is 11.2 Å². The maximum Gasteiger partial charge on any atom is 0.126 e. The maximum absolute atomic E-state index is 12.8. The molecule has 1 atom stereocenters. The minimum absolute atomic E-state index is 0.217. The monoisotopic (exact) mass is 278 g/mol. The number of hydrogen-bond donors (Lipinski definition) is 0. The summed E-state index contributed by atoms with van der Waals surface area (Å²) < 4.78 is 30.6. The van der Waals surface area contributed by atoms with Crippen LogP contribution in [-0.4, -0.2) is 18.5 Å². The van der Waals surface area contributed by atoms with E-state index in [1.807, 2.05) is 0 Å². The molecule has 0 bridgehead atoms. The van der Waals surface area contributed by atoms with Crippen LogP contribution in [0.5, 0.6) is 0 Å². The molecule has 1 nitrogen and oxygen atoms in total. The van der Waals surface area contributed by atoms with Gasteiger partial charge in [-0.1, -0.05) is 15.9 Å². The zero-order valence-electron chi connectivity index (χ0n) is 8.47. The van der Waals surface area contributed by atoms with Crippen LogP contribution < -0.4 is 0 Å². The van der Waals surface area contributed by atoms with Gasteiger partial charge < -0.3 is 4.74 Å². The van der Waals surface area contributed by atoms with Gasteiger partial charge >= 0.3 is 0 Å². The van der Waals surface area contributed by atoms with Crippen LogP contribution in [0.2, 0.25) is 0 Å². The second-order valence-corrected chi connectivity index (χ2v) is 4.66. The Morgan fingerprint density at radius 2 is 1.87 bits per heavy atom. The second-order valence-electron chi connectivity index (χ2n) is 3.37. The zero-order chi connectivity index (χ0) is 11.3. The summed E-state index contributed by atoms with van der Waals surface area (Å²) in [6, 6.07) is 3.59. The van der Waals surface area contributed by atoms with Gasteiger partial charge in [-0.2, -0.15) is 0 Å². The first kappa shape index (κ1) is 12.6. The van der Waals surface area contributed by atoms with Crippen molar-refractivity contribution in [3.63, 3.8) is 0 Å². The molecule has 0 aliphatic heterocycles. The van der Waals surface area contributed by atoms with Gasteiger partial charge in [0, 0.05) is 18.0 Å². The highest BCUT2D eigenvalue weighted by Gasteiger charge is 2.05. The molecule has 0 radical (unpaired) electrons. The van der Waals surface area contributed by atoms with Crippen molar-refractivity contribution in [1.29, 1.82) is 0 Å². The molecule has 0 fully saturated rings. The van der Waals surface area contributed by atoms with Crippen LogP contribution in [0.25, 0.3) is 0 Å². The van der Waals surface area contributed by atoms with E-state index in [1.165, 1.54) is 12.1 Å². The topological polar surface area (TPSA) is 9.23 Å². The smallest absolute Gasteiger partial charge is 0.126 e. The predicted molar refractivity (Wildman–Crippen MR) is 59.3 cm³/mol. The number of alkyl halides is 1. The van der Waals surface area contributed by atoms with E-state index in [1.54, 1.807) is 7.11 Å². The van der Waals surface area contributed by atoms with Crippen LogP contribution in [0, 0.1) is 11.6 Å². The fourth-order valence-electron chi connectivity index (χ4n) is 1.34. The Hall–Kier alpha value is -0.480. The normalized spacial score (nSPS) is 12.8. The number of rotatable bonds is 5. The summed E-state index contributed by atoms with van der Waals surface area (Å²) >= 11 is 3.42. The van der Waals surface area contributed by atoms with Gasteiger partial charge in [-0.3, -0.25) is 0 Å². The first-order chi connectivity index (χ1) is 7.11. The van der Waals surface area contributed by atoms with Gasteiger partial charge in [-0.15, -0.1) is 0 Å². The van der Waals surface area contributed by atoms with Crippen LogP contribution in [0.1, 0.15) is 12.0 Å². The zero-order valence-corrected chi connectivity index (χ0v) is 10.1. The average Bonchev–Trinajstić information content (AvgIpc) is 2.14. The van der Waals surface area contributed by atoms with Crippen molar-refractivity contribution in [2.24, 2.45) is 0 Å². The van der Waals surface area contributed by atoms with Crippen LogP contribution in [0.15, 0.2) is 18.2 Å². The van der Waals surface area contributed by atoms with Crippen LogP contribution in [0.4, 0.5) is 8.78 Å². The molecule has 0 aromatic heterocycles. The van der Waals surface area contributed by atoms with Crippen molar-refractivity contribution in [3.05, 3.63) is 35.4 Å².